The van der Waals surface area contributed by atoms with Crippen molar-refractivity contribution in [3.05, 3.63) is 6.15 Å². The van der Waals surface area contributed by atoms with Crippen LogP contribution in [0.1, 0.15) is 0 Å². The summed E-state index contributed by atoms with van der Waals surface area (Å²) in [7, 11) is 0. The van der Waals surface area contributed by atoms with Crippen molar-refractivity contribution >= 4 is 105 Å². The van der Waals surface area contributed by atoms with E-state index in [1.165, 1.54) is 0 Å². The van der Waals surface area contributed by atoms with Crippen molar-refractivity contribution in [3.63, 3.8) is 0 Å². The Hall–Kier alpha value is 3.56. The summed E-state index contributed by atoms with van der Waals surface area (Å²) in [5, 5.41) is 0. The van der Waals surface area contributed by atoms with E-state index < -0.39 is 0 Å². The van der Waals surface area contributed by atoms with Crippen LogP contribution in [0.25, 0.3) is 6.15 Å². The van der Waals surface area contributed by atoms with Gasteiger partial charge in [0.2, 0.25) is 0 Å². The van der Waals surface area contributed by atoms with Crippen LogP contribution in [0.2, 0.25) is 0 Å². The van der Waals surface area contributed by atoms with E-state index in [-0.39, 0.29) is 112 Å². The van der Waals surface area contributed by atoms with Gasteiger partial charge in [-0.05, 0) is 0 Å². The fourth-order valence-corrected chi connectivity index (χ4v) is 0. The number of rotatable bonds is 0. The summed E-state index contributed by atoms with van der Waals surface area (Å²) in [4.78, 5) is 0. The van der Waals surface area contributed by atoms with E-state index in [2.05, 4.69) is 0 Å². The topological polar surface area (TPSA) is 30.5 Å². The Balaban J connectivity index is 0. The molecule has 24 valence electrons. The van der Waals surface area contributed by atoms with Crippen LogP contribution in [-0.2, 0) is 0 Å². The first-order valence-corrected chi connectivity index (χ1v) is 0. The maximum absolute atomic E-state index is 0. The minimum atomic E-state index is 0. The Morgan fingerprint density at radius 2 is 0.667 bits per heavy atom. The molecule has 0 aromatic heterocycles. The third-order valence-corrected chi connectivity index (χ3v) is 0. The van der Waals surface area contributed by atoms with Crippen molar-refractivity contribution in [3.8, 4) is 0 Å². The first-order valence-electron chi connectivity index (χ1n) is 0. The van der Waals surface area contributed by atoms with Gasteiger partial charge in [0.1, 0.15) is 0 Å². The largest absolute Gasteiger partial charge is 3.00 e. The molecule has 0 aromatic rings. The summed E-state index contributed by atoms with van der Waals surface area (Å²) < 4.78 is 0. The minimum absolute atomic E-state index is 0. The first-order chi connectivity index (χ1) is 0. The maximum Gasteiger partial charge on any atom is 3.00 e. The molecule has 0 bridgehead atoms. The third-order valence-electron chi connectivity index (χ3n) is 0. The first kappa shape index (κ1) is 55.3. The second kappa shape index (κ2) is 38.6. The van der Waals surface area contributed by atoms with E-state index >= 15 is 0 Å². The van der Waals surface area contributed by atoms with E-state index in [1.54, 1.807) is 0 Å². The molecule has 0 radical (unpaired) electrons. The number of nitrogens with zero attached hydrogens (tertiary/aromatic N) is 1. The van der Waals surface area contributed by atoms with Gasteiger partial charge in [-0.3, -0.25) is 0 Å². The Morgan fingerprint density at radius 1 is 0.667 bits per heavy atom. The molecule has 0 spiro atoms. The molecule has 6 heavy (non-hydrogen) atoms. The summed E-state index contributed by atoms with van der Waals surface area (Å²) >= 11 is 0. The van der Waals surface area contributed by atoms with Crippen LogP contribution in [0, 0.1) is 0 Å². The molecule has 0 amide bonds. The van der Waals surface area contributed by atoms with E-state index in [1.807, 2.05) is 0 Å². The molecular formula is AsIn3NP. The van der Waals surface area contributed by atoms with Gasteiger partial charge >= 0.3 is 77.5 Å². The second-order valence-corrected chi connectivity index (χ2v) is 0. The third kappa shape index (κ3) is 25.7. The average Bonchev–Trinajstić information content (AvgIpc) is 0. The van der Waals surface area contributed by atoms with Crippen molar-refractivity contribution in [1.82, 2.24) is 0 Å². The van der Waals surface area contributed by atoms with Gasteiger partial charge in [0, 0.05) is 0 Å². The summed E-state index contributed by atoms with van der Waals surface area (Å²) in [5.74, 6) is 0. The predicted octanol–water partition coefficient (Wildman–Crippen LogP) is -0.373. The molecule has 0 rings (SSSR count). The van der Waals surface area contributed by atoms with Crippen LogP contribution in [0.4, 0.5) is 0 Å². The molecule has 0 fully saturated rings. The Kier molecular flexibility index (Phi) is 356. The van der Waals surface area contributed by atoms with Crippen LogP contribution in [-0.4, -0.2) is 95.5 Å². The second-order valence-electron chi connectivity index (χ2n) is 0. The summed E-state index contributed by atoms with van der Waals surface area (Å²) in [6.07, 6.45) is 0. The van der Waals surface area contributed by atoms with Crippen LogP contribution >= 0.6 is 9.90 Å². The number of hydrogen-bond donors (Lipinski definition) is 0. The molecule has 0 atom stereocenters. The average molecular weight is 464 g/mol. The summed E-state index contributed by atoms with van der Waals surface area (Å²) in [5.41, 5.74) is 0. The van der Waals surface area contributed by atoms with Gasteiger partial charge < -0.3 is 34.0 Å². The molecule has 0 aliphatic rings. The molecular weight excluding hydrogens is 464 g/mol. The van der Waals surface area contributed by atoms with E-state index in [0.29, 0.717) is 0 Å². The Morgan fingerprint density at radius 3 is 0.667 bits per heavy atom. The standard InChI is InChI=1S/As.3In.N.P/q-3;3*+3;2*-3. The molecule has 1 nitrogen and oxygen atoms in total. The number of hydrogen-bond acceptors (Lipinski definition) is 0. The molecule has 0 aliphatic carbocycles. The van der Waals surface area contributed by atoms with Crippen molar-refractivity contribution in [2.45, 2.75) is 0 Å². The zero-order valence-electron chi connectivity index (χ0n) is 3.07. The van der Waals surface area contributed by atoms with E-state index in [4.69, 9.17) is 0 Å². The quantitative estimate of drug-likeness (QED) is 0.346. The monoisotopic (exact) mass is 465 g/mol. The van der Waals surface area contributed by atoms with Crippen LogP contribution < -0.4 is 0 Å². The van der Waals surface area contributed by atoms with Crippen LogP contribution in [0.3, 0.4) is 0 Å². The van der Waals surface area contributed by atoms with Gasteiger partial charge in [0.25, 0.3) is 0 Å². The molecule has 0 heterocycles. The van der Waals surface area contributed by atoms with Crippen molar-refractivity contribution in [1.29, 1.82) is 0 Å². The van der Waals surface area contributed by atoms with Crippen LogP contribution in [0.15, 0.2) is 0 Å². The van der Waals surface area contributed by atoms with Gasteiger partial charge in [-0.25, -0.2) is 0 Å². The van der Waals surface area contributed by atoms with Gasteiger partial charge in [-0.1, -0.05) is 0 Å². The molecule has 6 heteroatoms. The van der Waals surface area contributed by atoms with Gasteiger partial charge in [0.05, 0.1) is 0 Å². The normalized spacial score (nSPS) is 0. The fourth-order valence-electron chi connectivity index (χ4n) is 0. The Bertz CT molecular complexity index is 10.8. The smallest absolute Gasteiger partial charge is 3.00 e. The van der Waals surface area contributed by atoms with Crippen molar-refractivity contribution < 1.29 is 0 Å². The molecule has 0 N–H and O–H groups in total. The van der Waals surface area contributed by atoms with Crippen molar-refractivity contribution in [2.24, 2.45) is 0 Å². The zero-order chi connectivity index (χ0) is 0. The molecule has 0 unspecified atom stereocenters. The molecule has 0 saturated carbocycles. The van der Waals surface area contributed by atoms with Gasteiger partial charge in [0.15, 0.2) is 0 Å². The molecule has 0 aliphatic heterocycles. The molecule has 0 aromatic carbocycles. The SMILES string of the molecule is [As-3].[In+3].[In+3].[In+3].[N-3].[P-3]. The zero-order valence-corrected chi connectivity index (χ0v) is 15.7. The summed E-state index contributed by atoms with van der Waals surface area (Å²) in [6.45, 7) is 0. The van der Waals surface area contributed by atoms with E-state index in [9.17, 15) is 0 Å². The van der Waals surface area contributed by atoms with Crippen LogP contribution in [0.5, 0.6) is 0 Å². The Labute approximate surface area is 109 Å². The maximum atomic E-state index is 0. The van der Waals surface area contributed by atoms with E-state index in [0.717, 1.165) is 0 Å². The van der Waals surface area contributed by atoms with Gasteiger partial charge in [-0.15, -0.1) is 0 Å². The minimum Gasteiger partial charge on any atom is -3.00 e. The fraction of sp³-hybridized carbons (Fsp3) is 0. The molecule has 0 saturated heterocycles. The van der Waals surface area contributed by atoms with Crippen molar-refractivity contribution in [2.75, 3.05) is 0 Å². The predicted molar refractivity (Wildman–Crippen MR) is 33.3 cm³/mol. The summed E-state index contributed by atoms with van der Waals surface area (Å²) in [6, 6.07) is 0. The van der Waals surface area contributed by atoms with Gasteiger partial charge in [-0.2, -0.15) is 0 Å².